The average molecular weight is 410 g/mol. The van der Waals surface area contributed by atoms with Crippen LogP contribution in [0.15, 0.2) is 48.5 Å². The Morgan fingerprint density at radius 3 is 2.50 bits per heavy atom. The number of aromatic amines is 1. The zero-order valence-electron chi connectivity index (χ0n) is 17.9. The lowest BCUT2D eigenvalue weighted by Gasteiger charge is -2.22. The molecule has 3 N–H and O–H groups in total. The average Bonchev–Trinajstić information content (AvgIpc) is 3.15. The largest absolute Gasteiger partial charge is 0.491 e. The molecule has 30 heavy (non-hydrogen) atoms. The van der Waals surface area contributed by atoms with E-state index < -0.39 is 6.10 Å². The molecule has 6 heteroatoms. The Morgan fingerprint density at radius 1 is 1.10 bits per heavy atom. The third-order valence-electron chi connectivity index (χ3n) is 5.24. The molecule has 1 heterocycles. The number of aliphatic hydroxyl groups is 1. The van der Waals surface area contributed by atoms with Crippen LogP contribution < -0.4 is 10.1 Å². The van der Waals surface area contributed by atoms with Gasteiger partial charge in [-0.2, -0.15) is 0 Å². The molecule has 0 aliphatic rings. The maximum atomic E-state index is 12.9. The molecule has 3 rings (SSSR count). The normalized spacial score (nSPS) is 12.3. The lowest BCUT2D eigenvalue weighted by Crippen LogP contribution is -2.40. The van der Waals surface area contributed by atoms with Gasteiger partial charge < -0.3 is 25.0 Å². The summed E-state index contributed by atoms with van der Waals surface area (Å²) in [5.41, 5.74) is 3.29. The van der Waals surface area contributed by atoms with Crippen molar-refractivity contribution in [2.45, 2.75) is 26.9 Å². The molecular formula is C24H31N3O3. The number of hydrogen-bond donors (Lipinski definition) is 3. The van der Waals surface area contributed by atoms with Gasteiger partial charge in [-0.3, -0.25) is 4.79 Å². The molecule has 0 saturated heterocycles. The van der Waals surface area contributed by atoms with Crippen LogP contribution in [0.4, 0.5) is 0 Å². The van der Waals surface area contributed by atoms with E-state index >= 15 is 0 Å². The summed E-state index contributed by atoms with van der Waals surface area (Å²) in [6.45, 7) is 8.88. The molecular weight excluding hydrogens is 378 g/mol. The first-order chi connectivity index (χ1) is 14.6. The highest BCUT2D eigenvalue weighted by atomic mass is 16.5. The highest BCUT2D eigenvalue weighted by molar-refractivity contribution is 6.08. The number of likely N-dealkylation sites (N-methyl/N-ethyl adjacent to an activating group) is 1. The molecule has 0 bridgehead atoms. The van der Waals surface area contributed by atoms with Gasteiger partial charge >= 0.3 is 0 Å². The van der Waals surface area contributed by atoms with Crippen LogP contribution in [0, 0.1) is 0 Å². The van der Waals surface area contributed by atoms with Crippen LogP contribution in [-0.4, -0.2) is 59.8 Å². The molecule has 2 aromatic carbocycles. The number of aliphatic hydroxyl groups excluding tert-OH is 1. The Bertz CT molecular complexity index is 964. The number of benzene rings is 2. The van der Waals surface area contributed by atoms with Crippen molar-refractivity contribution >= 4 is 16.8 Å². The van der Waals surface area contributed by atoms with Gasteiger partial charge in [0.05, 0.1) is 23.6 Å². The van der Waals surface area contributed by atoms with E-state index in [9.17, 15) is 9.90 Å². The van der Waals surface area contributed by atoms with Crippen molar-refractivity contribution in [2.24, 2.45) is 0 Å². The summed E-state index contributed by atoms with van der Waals surface area (Å²) in [7, 11) is 0. The molecule has 0 spiro atoms. The van der Waals surface area contributed by atoms with Gasteiger partial charge in [0.2, 0.25) is 0 Å². The number of fused-ring (bicyclic) bond motifs is 1. The second-order valence-corrected chi connectivity index (χ2v) is 7.21. The van der Waals surface area contributed by atoms with E-state index in [1.54, 1.807) is 0 Å². The van der Waals surface area contributed by atoms with Crippen molar-refractivity contribution in [2.75, 3.05) is 32.8 Å². The van der Waals surface area contributed by atoms with E-state index in [4.69, 9.17) is 4.74 Å². The van der Waals surface area contributed by atoms with Crippen LogP contribution in [0.5, 0.6) is 5.75 Å². The van der Waals surface area contributed by atoms with Gasteiger partial charge in [-0.25, -0.2) is 0 Å². The maximum absolute atomic E-state index is 12.9. The van der Waals surface area contributed by atoms with Crippen LogP contribution in [0.2, 0.25) is 0 Å². The molecule has 0 fully saturated rings. The van der Waals surface area contributed by atoms with E-state index in [1.807, 2.05) is 55.5 Å². The van der Waals surface area contributed by atoms with Gasteiger partial charge in [-0.1, -0.05) is 56.3 Å². The van der Waals surface area contributed by atoms with Crippen molar-refractivity contribution in [1.82, 2.24) is 15.2 Å². The highest BCUT2D eigenvalue weighted by Crippen LogP contribution is 2.38. The lowest BCUT2D eigenvalue weighted by atomic mass is 10.0. The first-order valence-corrected chi connectivity index (χ1v) is 10.6. The number of aromatic nitrogens is 1. The lowest BCUT2D eigenvalue weighted by molar-refractivity contribution is 0.0862. The van der Waals surface area contributed by atoms with Crippen LogP contribution in [-0.2, 0) is 0 Å². The first-order valence-electron chi connectivity index (χ1n) is 10.6. The van der Waals surface area contributed by atoms with E-state index in [2.05, 4.69) is 29.0 Å². The SMILES string of the molecule is CCOc1c(C(=O)NCC(O)CN(CC)CC)[nH]c2cccc(-c3ccccc3)c12. The van der Waals surface area contributed by atoms with Crippen LogP contribution in [0.3, 0.4) is 0 Å². The fourth-order valence-electron chi connectivity index (χ4n) is 3.67. The first kappa shape index (κ1) is 21.9. The minimum Gasteiger partial charge on any atom is -0.491 e. The topological polar surface area (TPSA) is 77.6 Å². The van der Waals surface area contributed by atoms with Crippen LogP contribution in [0.25, 0.3) is 22.0 Å². The zero-order valence-corrected chi connectivity index (χ0v) is 17.9. The van der Waals surface area contributed by atoms with Gasteiger partial charge in [0.15, 0.2) is 5.75 Å². The van der Waals surface area contributed by atoms with Gasteiger partial charge in [-0.15, -0.1) is 0 Å². The van der Waals surface area contributed by atoms with Crippen LogP contribution >= 0.6 is 0 Å². The summed E-state index contributed by atoms with van der Waals surface area (Å²) >= 11 is 0. The van der Waals surface area contributed by atoms with E-state index in [0.29, 0.717) is 24.6 Å². The number of nitrogens with one attached hydrogen (secondary N) is 2. The number of carbonyl (C=O) groups is 1. The van der Waals surface area contributed by atoms with E-state index in [-0.39, 0.29) is 12.5 Å². The smallest absolute Gasteiger partial charge is 0.271 e. The number of amides is 1. The van der Waals surface area contributed by atoms with E-state index in [1.165, 1.54) is 0 Å². The van der Waals surface area contributed by atoms with Gasteiger partial charge in [0.1, 0.15) is 5.69 Å². The van der Waals surface area contributed by atoms with Crippen molar-refractivity contribution in [3.63, 3.8) is 0 Å². The zero-order chi connectivity index (χ0) is 21.5. The monoisotopic (exact) mass is 409 g/mol. The number of hydrogen-bond acceptors (Lipinski definition) is 4. The van der Waals surface area contributed by atoms with E-state index in [0.717, 1.165) is 35.1 Å². The molecule has 160 valence electrons. The molecule has 0 radical (unpaired) electrons. The van der Waals surface area contributed by atoms with Gasteiger partial charge in [0.25, 0.3) is 5.91 Å². The predicted molar refractivity (Wildman–Crippen MR) is 121 cm³/mol. The molecule has 0 aliphatic carbocycles. The minimum atomic E-state index is -0.631. The number of carbonyl (C=O) groups excluding carboxylic acids is 1. The van der Waals surface area contributed by atoms with Crippen molar-refractivity contribution in [3.05, 3.63) is 54.2 Å². The Hall–Kier alpha value is -2.83. The summed E-state index contributed by atoms with van der Waals surface area (Å²) in [6.07, 6.45) is -0.631. The standard InChI is InChI=1S/C24H31N3O3/c1-4-27(5-2)16-18(28)15-25-24(29)22-23(30-6-3)21-19(13-10-14-20(21)26-22)17-11-8-7-9-12-17/h7-14,18,26,28H,4-6,15-16H2,1-3H3,(H,25,29). The van der Waals surface area contributed by atoms with Gasteiger partial charge in [0, 0.05) is 13.1 Å². The molecule has 6 nitrogen and oxygen atoms in total. The second kappa shape index (κ2) is 10.3. The fourth-order valence-corrected chi connectivity index (χ4v) is 3.67. The Balaban J connectivity index is 1.88. The molecule has 1 amide bonds. The number of nitrogens with zero attached hydrogens (tertiary/aromatic N) is 1. The van der Waals surface area contributed by atoms with Crippen molar-refractivity contribution in [3.8, 4) is 16.9 Å². The Labute approximate surface area is 177 Å². The molecule has 3 aromatic rings. The highest BCUT2D eigenvalue weighted by Gasteiger charge is 2.22. The predicted octanol–water partition coefficient (Wildman–Crippen LogP) is 3.67. The molecule has 1 aromatic heterocycles. The Kier molecular flexibility index (Phi) is 7.49. The van der Waals surface area contributed by atoms with Gasteiger partial charge in [-0.05, 0) is 37.2 Å². The van der Waals surface area contributed by atoms with Crippen molar-refractivity contribution < 1.29 is 14.6 Å². The molecule has 0 saturated carbocycles. The molecule has 0 aliphatic heterocycles. The summed E-state index contributed by atoms with van der Waals surface area (Å²) < 4.78 is 5.92. The minimum absolute atomic E-state index is 0.182. The number of H-pyrrole nitrogens is 1. The molecule has 1 unspecified atom stereocenters. The fraction of sp³-hybridized carbons (Fsp3) is 0.375. The summed E-state index contributed by atoms with van der Waals surface area (Å²) in [4.78, 5) is 18.3. The second-order valence-electron chi connectivity index (χ2n) is 7.21. The quantitative estimate of drug-likeness (QED) is 0.478. The van der Waals surface area contributed by atoms with Crippen LogP contribution in [0.1, 0.15) is 31.3 Å². The number of rotatable bonds is 10. The summed E-state index contributed by atoms with van der Waals surface area (Å²) in [6, 6.07) is 16.0. The maximum Gasteiger partial charge on any atom is 0.271 e. The third kappa shape index (κ3) is 4.83. The molecule has 1 atom stereocenters. The Morgan fingerprint density at radius 2 is 1.83 bits per heavy atom. The van der Waals surface area contributed by atoms with Crippen molar-refractivity contribution in [1.29, 1.82) is 0 Å². The third-order valence-corrected chi connectivity index (χ3v) is 5.24. The number of ether oxygens (including phenoxy) is 1. The summed E-state index contributed by atoms with van der Waals surface area (Å²) in [5.74, 6) is 0.259. The summed E-state index contributed by atoms with van der Waals surface area (Å²) in [5, 5.41) is 14.0.